The quantitative estimate of drug-likeness (QED) is 0.673. The summed E-state index contributed by atoms with van der Waals surface area (Å²) in [4.78, 5) is 25.2. The highest BCUT2D eigenvalue weighted by molar-refractivity contribution is 5.94. The molecule has 7 heteroatoms. The first kappa shape index (κ1) is 20.3. The highest BCUT2D eigenvalue weighted by atomic mass is 16.5. The van der Waals surface area contributed by atoms with Gasteiger partial charge in [0.25, 0.3) is 11.8 Å². The molecule has 0 aliphatic carbocycles. The molecule has 1 saturated heterocycles. The van der Waals surface area contributed by atoms with Crippen molar-refractivity contribution in [3.63, 3.8) is 0 Å². The molecule has 1 aliphatic heterocycles. The van der Waals surface area contributed by atoms with E-state index in [2.05, 4.69) is 0 Å². The zero-order valence-corrected chi connectivity index (χ0v) is 16.5. The van der Waals surface area contributed by atoms with Crippen molar-refractivity contribution >= 4 is 17.9 Å². The fourth-order valence-electron chi connectivity index (χ4n) is 3.05. The molecule has 2 aromatic carbocycles. The van der Waals surface area contributed by atoms with Gasteiger partial charge in [0.1, 0.15) is 17.2 Å². The molecule has 1 fully saturated rings. The Balaban J connectivity index is 1.65. The van der Waals surface area contributed by atoms with Crippen LogP contribution in [-0.2, 0) is 9.59 Å². The Labute approximate surface area is 170 Å². The summed E-state index contributed by atoms with van der Waals surface area (Å²) >= 11 is 0. The molecule has 152 valence electrons. The van der Waals surface area contributed by atoms with Gasteiger partial charge >= 0.3 is 0 Å². The number of amides is 2. The van der Waals surface area contributed by atoms with Crippen molar-refractivity contribution in [2.24, 2.45) is 0 Å². The molecular formula is C22H24N2O5. The van der Waals surface area contributed by atoms with E-state index in [0.29, 0.717) is 35.9 Å². The molecule has 0 radical (unpaired) electrons. The van der Waals surface area contributed by atoms with Crippen LogP contribution in [-0.4, -0.2) is 55.7 Å². The molecule has 0 unspecified atom stereocenters. The molecule has 3 rings (SSSR count). The number of hydrogen-bond donors (Lipinski definition) is 0. The molecular weight excluding hydrogens is 372 g/mol. The highest BCUT2D eigenvalue weighted by Crippen LogP contribution is 2.25. The van der Waals surface area contributed by atoms with E-state index in [4.69, 9.17) is 14.2 Å². The van der Waals surface area contributed by atoms with E-state index in [-0.39, 0.29) is 18.4 Å². The van der Waals surface area contributed by atoms with Crippen LogP contribution >= 0.6 is 0 Å². The first-order chi connectivity index (χ1) is 14.1. The second-order valence-corrected chi connectivity index (χ2v) is 6.37. The van der Waals surface area contributed by atoms with Crippen LogP contribution in [0.3, 0.4) is 0 Å². The predicted octanol–water partition coefficient (Wildman–Crippen LogP) is 2.77. The van der Waals surface area contributed by atoms with Gasteiger partial charge in [-0.2, -0.15) is 0 Å². The predicted molar refractivity (Wildman–Crippen MR) is 109 cm³/mol. The third-order valence-corrected chi connectivity index (χ3v) is 4.52. The van der Waals surface area contributed by atoms with Crippen molar-refractivity contribution in [3.05, 3.63) is 60.2 Å². The van der Waals surface area contributed by atoms with E-state index >= 15 is 0 Å². The molecule has 0 atom stereocenters. The summed E-state index contributed by atoms with van der Waals surface area (Å²) in [6, 6.07) is 14.4. The smallest absolute Gasteiger partial charge is 0.279 e. The van der Waals surface area contributed by atoms with E-state index in [1.807, 2.05) is 18.2 Å². The Kier molecular flexibility index (Phi) is 6.73. The summed E-state index contributed by atoms with van der Waals surface area (Å²) in [7, 11) is 3.14. The van der Waals surface area contributed by atoms with E-state index in [1.54, 1.807) is 50.6 Å². The van der Waals surface area contributed by atoms with Crippen molar-refractivity contribution < 1.29 is 23.8 Å². The number of benzene rings is 2. The fourth-order valence-corrected chi connectivity index (χ4v) is 3.05. The van der Waals surface area contributed by atoms with Crippen LogP contribution in [0.25, 0.3) is 6.08 Å². The minimum atomic E-state index is -0.277. The monoisotopic (exact) mass is 396 g/mol. The van der Waals surface area contributed by atoms with Crippen molar-refractivity contribution in [2.45, 2.75) is 6.42 Å². The third-order valence-electron chi connectivity index (χ3n) is 4.52. The van der Waals surface area contributed by atoms with Crippen LogP contribution in [0.4, 0.5) is 0 Å². The lowest BCUT2D eigenvalue weighted by molar-refractivity contribution is -0.156. The molecule has 7 nitrogen and oxygen atoms in total. The van der Waals surface area contributed by atoms with E-state index in [1.165, 1.54) is 16.1 Å². The van der Waals surface area contributed by atoms with Gasteiger partial charge in [-0.15, -0.1) is 0 Å². The maximum Gasteiger partial charge on any atom is 0.279 e. The minimum absolute atomic E-state index is 0.124. The first-order valence-corrected chi connectivity index (χ1v) is 9.32. The SMILES string of the molecule is COc1ccc(OC)c(/C=C/C(=O)N2CCCN2C(=O)COc2ccccc2)c1. The lowest BCUT2D eigenvalue weighted by Crippen LogP contribution is -2.46. The number of para-hydroxylation sites is 1. The fraction of sp³-hybridized carbons (Fsp3) is 0.273. The van der Waals surface area contributed by atoms with Crippen molar-refractivity contribution in [1.29, 1.82) is 0 Å². The molecule has 0 bridgehead atoms. The van der Waals surface area contributed by atoms with Gasteiger partial charge in [-0.05, 0) is 42.8 Å². The van der Waals surface area contributed by atoms with Crippen molar-refractivity contribution in [3.8, 4) is 17.2 Å². The molecule has 0 N–H and O–H groups in total. The summed E-state index contributed by atoms with van der Waals surface area (Å²) < 4.78 is 16.1. The van der Waals surface area contributed by atoms with Gasteiger partial charge in [-0.3, -0.25) is 9.59 Å². The molecule has 2 amide bonds. The van der Waals surface area contributed by atoms with E-state index in [9.17, 15) is 9.59 Å². The maximum absolute atomic E-state index is 12.7. The number of carbonyl (C=O) groups excluding carboxylic acids is 2. The Bertz CT molecular complexity index is 882. The minimum Gasteiger partial charge on any atom is -0.497 e. The molecule has 29 heavy (non-hydrogen) atoms. The van der Waals surface area contributed by atoms with Gasteiger partial charge in [-0.1, -0.05) is 18.2 Å². The van der Waals surface area contributed by atoms with Crippen molar-refractivity contribution in [1.82, 2.24) is 10.0 Å². The van der Waals surface area contributed by atoms with Crippen LogP contribution in [0.2, 0.25) is 0 Å². The van der Waals surface area contributed by atoms with Gasteiger partial charge in [0.2, 0.25) is 0 Å². The highest BCUT2D eigenvalue weighted by Gasteiger charge is 2.29. The Hall–Kier alpha value is -3.48. The topological polar surface area (TPSA) is 68.3 Å². The number of hydrazine groups is 1. The Morgan fingerprint density at radius 1 is 0.966 bits per heavy atom. The van der Waals surface area contributed by atoms with Crippen LogP contribution in [0.5, 0.6) is 17.2 Å². The number of rotatable bonds is 7. The second-order valence-electron chi connectivity index (χ2n) is 6.37. The van der Waals surface area contributed by atoms with E-state index in [0.717, 1.165) is 6.42 Å². The van der Waals surface area contributed by atoms with E-state index < -0.39 is 0 Å². The summed E-state index contributed by atoms with van der Waals surface area (Å²) in [5.41, 5.74) is 0.713. The number of ether oxygens (including phenoxy) is 3. The van der Waals surface area contributed by atoms with Crippen LogP contribution < -0.4 is 14.2 Å². The van der Waals surface area contributed by atoms with Gasteiger partial charge < -0.3 is 14.2 Å². The Morgan fingerprint density at radius 2 is 1.72 bits per heavy atom. The number of hydrogen-bond acceptors (Lipinski definition) is 5. The van der Waals surface area contributed by atoms with Gasteiger partial charge in [0.05, 0.1) is 14.2 Å². The molecule has 1 aliphatic rings. The largest absolute Gasteiger partial charge is 0.497 e. The summed E-state index contributed by atoms with van der Waals surface area (Å²) in [6.45, 7) is 0.843. The lowest BCUT2D eigenvalue weighted by atomic mass is 10.1. The lowest BCUT2D eigenvalue weighted by Gasteiger charge is -2.26. The van der Waals surface area contributed by atoms with Gasteiger partial charge in [0, 0.05) is 24.7 Å². The van der Waals surface area contributed by atoms with Crippen LogP contribution in [0.15, 0.2) is 54.6 Å². The molecule has 0 saturated carbocycles. The average molecular weight is 396 g/mol. The summed E-state index contributed by atoms with van der Waals surface area (Å²) in [5.74, 6) is 1.37. The molecule has 1 heterocycles. The molecule has 0 aromatic heterocycles. The zero-order chi connectivity index (χ0) is 20.6. The van der Waals surface area contributed by atoms with Gasteiger partial charge in [0.15, 0.2) is 6.61 Å². The van der Waals surface area contributed by atoms with Gasteiger partial charge in [-0.25, -0.2) is 10.0 Å². The molecule has 2 aromatic rings. The number of methoxy groups -OCH3 is 2. The first-order valence-electron chi connectivity index (χ1n) is 9.32. The number of carbonyl (C=O) groups is 2. The van der Waals surface area contributed by atoms with Crippen molar-refractivity contribution in [2.75, 3.05) is 33.9 Å². The maximum atomic E-state index is 12.7. The molecule has 0 spiro atoms. The zero-order valence-electron chi connectivity index (χ0n) is 16.5. The summed E-state index contributed by atoms with van der Waals surface area (Å²) in [6.07, 6.45) is 3.81. The Morgan fingerprint density at radius 3 is 2.45 bits per heavy atom. The number of nitrogens with zero attached hydrogens (tertiary/aromatic N) is 2. The second kappa shape index (κ2) is 9.64. The average Bonchev–Trinajstić information content (AvgIpc) is 3.26. The standard InChI is InChI=1S/C22H24N2O5/c1-27-19-10-11-20(28-2)17(15-19)9-12-21(25)23-13-6-14-24(23)22(26)16-29-18-7-4-3-5-8-18/h3-5,7-12,15H,6,13-14,16H2,1-2H3/b12-9+. The van der Waals surface area contributed by atoms with Crippen LogP contribution in [0.1, 0.15) is 12.0 Å². The third kappa shape index (κ3) is 5.07. The summed E-state index contributed by atoms with van der Waals surface area (Å²) in [5, 5.41) is 2.89. The normalized spacial score (nSPS) is 13.6. The van der Waals surface area contributed by atoms with Crippen LogP contribution in [0, 0.1) is 0 Å².